The lowest BCUT2D eigenvalue weighted by atomic mass is 9.96. The van der Waals surface area contributed by atoms with E-state index in [9.17, 15) is 0 Å². The van der Waals surface area contributed by atoms with E-state index in [1.807, 2.05) is 23.9 Å². The summed E-state index contributed by atoms with van der Waals surface area (Å²) in [7, 11) is 0. The molecule has 1 aliphatic rings. The van der Waals surface area contributed by atoms with Crippen molar-refractivity contribution in [3.63, 3.8) is 0 Å². The molecule has 4 heteroatoms. The van der Waals surface area contributed by atoms with Crippen molar-refractivity contribution in [1.29, 1.82) is 0 Å². The van der Waals surface area contributed by atoms with E-state index < -0.39 is 0 Å². The van der Waals surface area contributed by atoms with Gasteiger partial charge in [0.1, 0.15) is 0 Å². The van der Waals surface area contributed by atoms with Gasteiger partial charge in [0.15, 0.2) is 0 Å². The maximum atomic E-state index is 5.88. The fourth-order valence-corrected chi connectivity index (χ4v) is 3.22. The summed E-state index contributed by atoms with van der Waals surface area (Å²) < 4.78 is 0. The first kappa shape index (κ1) is 14.2. The lowest BCUT2D eigenvalue weighted by molar-refractivity contribution is 0.451. The van der Waals surface area contributed by atoms with E-state index in [0.717, 1.165) is 10.3 Å². The fraction of sp³-hybridized carbons (Fsp3) is 0.500. The number of hydrogen-bond donors (Lipinski definition) is 1. The number of hydrogen-bond acceptors (Lipinski definition) is 2. The van der Waals surface area contributed by atoms with Gasteiger partial charge < -0.3 is 5.73 Å². The van der Waals surface area contributed by atoms with Crippen LogP contribution in [0.4, 0.5) is 0 Å². The Morgan fingerprint density at radius 1 is 1.06 bits per heavy atom. The van der Waals surface area contributed by atoms with Gasteiger partial charge in [-0.05, 0) is 49.9 Å². The van der Waals surface area contributed by atoms with Crippen molar-refractivity contribution in [3.8, 4) is 0 Å². The van der Waals surface area contributed by atoms with E-state index in [-0.39, 0.29) is 12.4 Å². The normalized spacial score (nSPS) is 24.9. The molecule has 0 heterocycles. The summed E-state index contributed by atoms with van der Waals surface area (Å²) in [5.74, 6) is 0. The van der Waals surface area contributed by atoms with Gasteiger partial charge in [-0.25, -0.2) is 0 Å². The maximum absolute atomic E-state index is 5.88. The van der Waals surface area contributed by atoms with Gasteiger partial charge in [0, 0.05) is 21.2 Å². The molecule has 1 fully saturated rings. The predicted molar refractivity (Wildman–Crippen MR) is 74.8 cm³/mol. The molecule has 0 radical (unpaired) electrons. The summed E-state index contributed by atoms with van der Waals surface area (Å²) in [6, 6.07) is 8.55. The van der Waals surface area contributed by atoms with Crippen molar-refractivity contribution in [3.05, 3.63) is 29.3 Å². The van der Waals surface area contributed by atoms with Gasteiger partial charge in [0.2, 0.25) is 0 Å². The Bertz CT molecular complexity index is 307. The van der Waals surface area contributed by atoms with Gasteiger partial charge >= 0.3 is 0 Å². The number of thioether (sulfide) groups is 1. The van der Waals surface area contributed by atoms with E-state index >= 15 is 0 Å². The first-order chi connectivity index (χ1) is 7.24. The van der Waals surface area contributed by atoms with Crippen molar-refractivity contribution in [2.75, 3.05) is 0 Å². The minimum Gasteiger partial charge on any atom is -0.328 e. The molecule has 1 aromatic carbocycles. The van der Waals surface area contributed by atoms with Gasteiger partial charge in [-0.3, -0.25) is 0 Å². The van der Waals surface area contributed by atoms with Crippen LogP contribution in [-0.4, -0.2) is 11.3 Å². The number of benzene rings is 1. The molecule has 1 saturated carbocycles. The van der Waals surface area contributed by atoms with Crippen molar-refractivity contribution < 1.29 is 0 Å². The molecule has 0 atom stereocenters. The number of nitrogens with two attached hydrogens (primary N) is 1. The standard InChI is InChI=1S/C12H16ClNS.ClH/c13-9-1-5-11(6-2-9)15-12-7-3-10(14)4-8-12;/h1-2,5-6,10,12H,3-4,7-8,14H2;1H. The monoisotopic (exact) mass is 277 g/mol. The highest BCUT2D eigenvalue weighted by Crippen LogP contribution is 2.33. The molecule has 0 aromatic heterocycles. The molecule has 0 amide bonds. The van der Waals surface area contributed by atoms with Gasteiger partial charge in [0.25, 0.3) is 0 Å². The first-order valence-corrected chi connectivity index (χ1v) is 6.67. The zero-order valence-corrected chi connectivity index (χ0v) is 11.5. The minimum atomic E-state index is 0. The molecule has 2 N–H and O–H groups in total. The zero-order valence-electron chi connectivity index (χ0n) is 9.06. The fourth-order valence-electron chi connectivity index (χ4n) is 1.91. The van der Waals surface area contributed by atoms with E-state index in [2.05, 4.69) is 12.1 Å². The topological polar surface area (TPSA) is 26.0 Å². The van der Waals surface area contributed by atoms with E-state index in [1.165, 1.54) is 30.6 Å². The van der Waals surface area contributed by atoms with Gasteiger partial charge in [-0.2, -0.15) is 0 Å². The average molecular weight is 278 g/mol. The Morgan fingerprint density at radius 3 is 2.19 bits per heavy atom. The molecule has 1 aliphatic carbocycles. The molecule has 0 unspecified atom stereocenters. The molecular formula is C12H17Cl2NS. The van der Waals surface area contributed by atoms with E-state index in [1.54, 1.807) is 0 Å². The van der Waals surface area contributed by atoms with E-state index in [4.69, 9.17) is 17.3 Å². The van der Waals surface area contributed by atoms with Crippen molar-refractivity contribution >= 4 is 35.8 Å². The molecule has 1 nitrogen and oxygen atoms in total. The Morgan fingerprint density at radius 2 is 1.62 bits per heavy atom. The van der Waals surface area contributed by atoms with Gasteiger partial charge in [0.05, 0.1) is 0 Å². The van der Waals surface area contributed by atoms with Crippen LogP contribution in [0.2, 0.25) is 5.02 Å². The van der Waals surface area contributed by atoms with Crippen LogP contribution in [0, 0.1) is 0 Å². The Balaban J connectivity index is 0.00000128. The highest BCUT2D eigenvalue weighted by Gasteiger charge is 2.19. The summed E-state index contributed by atoms with van der Waals surface area (Å²) in [5, 5.41) is 1.55. The quantitative estimate of drug-likeness (QED) is 0.880. The largest absolute Gasteiger partial charge is 0.328 e. The third-order valence-electron chi connectivity index (χ3n) is 2.84. The van der Waals surface area contributed by atoms with Crippen LogP contribution < -0.4 is 5.73 Å². The molecule has 16 heavy (non-hydrogen) atoms. The van der Waals surface area contributed by atoms with Crippen molar-refractivity contribution in [2.24, 2.45) is 5.73 Å². The van der Waals surface area contributed by atoms with Gasteiger partial charge in [-0.15, -0.1) is 24.2 Å². The third kappa shape index (κ3) is 4.17. The van der Waals surface area contributed by atoms with Crippen molar-refractivity contribution in [2.45, 2.75) is 41.9 Å². The predicted octanol–water partition coefficient (Wildman–Crippen LogP) is 4.12. The average Bonchev–Trinajstić information content (AvgIpc) is 2.25. The van der Waals surface area contributed by atoms with Crippen LogP contribution in [0.1, 0.15) is 25.7 Å². The highest BCUT2D eigenvalue weighted by molar-refractivity contribution is 8.00. The summed E-state index contributed by atoms with van der Waals surface area (Å²) >= 11 is 7.81. The zero-order chi connectivity index (χ0) is 10.7. The smallest absolute Gasteiger partial charge is 0.0406 e. The van der Waals surface area contributed by atoms with Crippen LogP contribution in [0.5, 0.6) is 0 Å². The second-order valence-electron chi connectivity index (χ2n) is 4.11. The lowest BCUT2D eigenvalue weighted by Gasteiger charge is -2.25. The van der Waals surface area contributed by atoms with Crippen LogP contribution in [0.3, 0.4) is 0 Å². The lowest BCUT2D eigenvalue weighted by Crippen LogP contribution is -2.27. The molecular weight excluding hydrogens is 261 g/mol. The highest BCUT2D eigenvalue weighted by atomic mass is 35.5. The van der Waals surface area contributed by atoms with Crippen LogP contribution >= 0.6 is 35.8 Å². The summed E-state index contributed by atoms with van der Waals surface area (Å²) in [4.78, 5) is 1.32. The molecule has 0 saturated heterocycles. The third-order valence-corrected chi connectivity index (χ3v) is 4.44. The molecule has 90 valence electrons. The van der Waals surface area contributed by atoms with Crippen LogP contribution in [0.25, 0.3) is 0 Å². The first-order valence-electron chi connectivity index (χ1n) is 5.42. The minimum absolute atomic E-state index is 0. The van der Waals surface area contributed by atoms with Crippen molar-refractivity contribution in [1.82, 2.24) is 0 Å². The van der Waals surface area contributed by atoms with Gasteiger partial charge in [-0.1, -0.05) is 11.6 Å². The van der Waals surface area contributed by atoms with E-state index in [0.29, 0.717) is 6.04 Å². The Kier molecular flexibility index (Phi) is 5.98. The Hall–Kier alpha value is 0.110. The van der Waals surface area contributed by atoms with Crippen LogP contribution in [-0.2, 0) is 0 Å². The number of rotatable bonds is 2. The Labute approximate surface area is 113 Å². The summed E-state index contributed by atoms with van der Waals surface area (Å²) in [6.07, 6.45) is 4.83. The van der Waals surface area contributed by atoms with Crippen LogP contribution in [0.15, 0.2) is 29.2 Å². The second kappa shape index (κ2) is 6.75. The molecule has 0 aliphatic heterocycles. The second-order valence-corrected chi connectivity index (χ2v) is 5.92. The molecule has 0 bridgehead atoms. The molecule has 0 spiro atoms. The SMILES string of the molecule is Cl.NC1CCC(Sc2ccc(Cl)cc2)CC1. The molecule has 2 rings (SSSR count). The number of halogens is 2. The summed E-state index contributed by atoms with van der Waals surface area (Å²) in [6.45, 7) is 0. The molecule has 1 aromatic rings. The summed E-state index contributed by atoms with van der Waals surface area (Å²) in [5.41, 5.74) is 5.88. The maximum Gasteiger partial charge on any atom is 0.0406 e.